The first-order chi connectivity index (χ1) is 11.8. The highest BCUT2D eigenvalue weighted by molar-refractivity contribution is 7.92. The molecule has 1 aliphatic heterocycles. The summed E-state index contributed by atoms with van der Waals surface area (Å²) < 4.78 is 35.2. The summed E-state index contributed by atoms with van der Waals surface area (Å²) in [7, 11) is -2.47. The van der Waals surface area contributed by atoms with Crippen LogP contribution in [-0.4, -0.2) is 59.5 Å². The molecule has 138 valence electrons. The van der Waals surface area contributed by atoms with E-state index in [1.165, 1.54) is 31.4 Å². The number of methoxy groups -OCH3 is 1. The fraction of sp³-hybridized carbons (Fsp3) is 0.500. The molecule has 25 heavy (non-hydrogen) atoms. The summed E-state index contributed by atoms with van der Waals surface area (Å²) in [6, 6.07) is 5.93. The Kier molecular flexibility index (Phi) is 6.38. The normalized spacial score (nSPS) is 17.1. The van der Waals surface area contributed by atoms with Crippen LogP contribution >= 0.6 is 0 Å². The molecule has 1 fully saturated rings. The van der Waals surface area contributed by atoms with Gasteiger partial charge in [0.05, 0.1) is 30.7 Å². The topological polar surface area (TPSA) is 102 Å². The Morgan fingerprint density at radius 2 is 2.16 bits per heavy atom. The third kappa shape index (κ3) is 5.43. The van der Waals surface area contributed by atoms with Crippen molar-refractivity contribution in [3.8, 4) is 0 Å². The standard InChI is InChI=1S/C16H22N2O6S/c1-23-16(20)12-5-3-6-13(9-12)18(25(2,21)22)11-15(19)17-10-14-7-4-8-24-14/h3,5-6,9,14H,4,7-8,10-11H2,1-2H3,(H,17,19). The summed E-state index contributed by atoms with van der Waals surface area (Å²) in [6.45, 7) is 0.644. The first-order valence-corrected chi connectivity index (χ1v) is 9.70. The SMILES string of the molecule is COC(=O)c1cccc(N(CC(=O)NCC2CCCO2)S(C)(=O)=O)c1. The molecule has 0 bridgehead atoms. The van der Waals surface area contributed by atoms with E-state index in [1.807, 2.05) is 0 Å². The zero-order valence-electron chi connectivity index (χ0n) is 14.2. The van der Waals surface area contributed by atoms with Crippen LogP contribution in [0.5, 0.6) is 0 Å². The molecule has 0 radical (unpaired) electrons. The summed E-state index contributed by atoms with van der Waals surface area (Å²) in [5.74, 6) is -1.03. The fourth-order valence-corrected chi connectivity index (χ4v) is 3.37. The maximum Gasteiger partial charge on any atom is 0.337 e. The van der Waals surface area contributed by atoms with Crippen molar-refractivity contribution in [1.29, 1.82) is 0 Å². The highest BCUT2D eigenvalue weighted by Gasteiger charge is 2.23. The number of sulfonamides is 1. The van der Waals surface area contributed by atoms with Gasteiger partial charge >= 0.3 is 5.97 Å². The maximum atomic E-state index is 12.1. The van der Waals surface area contributed by atoms with Crippen molar-refractivity contribution >= 4 is 27.6 Å². The number of carbonyl (C=O) groups excluding carboxylic acids is 2. The number of benzene rings is 1. The van der Waals surface area contributed by atoms with E-state index in [2.05, 4.69) is 10.1 Å². The number of nitrogens with one attached hydrogen (secondary N) is 1. The van der Waals surface area contributed by atoms with E-state index >= 15 is 0 Å². The Bertz CT molecular complexity index is 728. The lowest BCUT2D eigenvalue weighted by atomic mass is 10.2. The molecule has 1 aromatic carbocycles. The second kappa shape index (κ2) is 8.30. The van der Waals surface area contributed by atoms with E-state index in [4.69, 9.17) is 4.74 Å². The first kappa shape index (κ1) is 19.2. The molecule has 1 unspecified atom stereocenters. The van der Waals surface area contributed by atoms with Gasteiger partial charge in [-0.25, -0.2) is 13.2 Å². The molecule has 8 nitrogen and oxygen atoms in total. The predicted molar refractivity (Wildman–Crippen MR) is 92.0 cm³/mol. The van der Waals surface area contributed by atoms with Gasteiger partial charge in [-0.05, 0) is 31.0 Å². The maximum absolute atomic E-state index is 12.1. The summed E-state index contributed by atoms with van der Waals surface area (Å²) in [6.07, 6.45) is 2.80. The van der Waals surface area contributed by atoms with E-state index in [-0.39, 0.29) is 23.9 Å². The Morgan fingerprint density at radius 1 is 1.40 bits per heavy atom. The van der Waals surface area contributed by atoms with Crippen LogP contribution in [0.1, 0.15) is 23.2 Å². The van der Waals surface area contributed by atoms with Crippen LogP contribution in [0.3, 0.4) is 0 Å². The van der Waals surface area contributed by atoms with Crippen LogP contribution in [-0.2, 0) is 24.3 Å². The summed E-state index contributed by atoms with van der Waals surface area (Å²) in [5.41, 5.74) is 0.422. The van der Waals surface area contributed by atoms with Crippen LogP contribution in [0, 0.1) is 0 Å². The molecule has 1 atom stereocenters. The number of hydrogen-bond acceptors (Lipinski definition) is 6. The zero-order valence-corrected chi connectivity index (χ0v) is 15.0. The molecule has 2 rings (SSSR count). The van der Waals surface area contributed by atoms with Gasteiger partial charge in [0.1, 0.15) is 6.54 Å². The lowest BCUT2D eigenvalue weighted by Gasteiger charge is -2.22. The van der Waals surface area contributed by atoms with Gasteiger partial charge in [-0.1, -0.05) is 6.07 Å². The molecule has 1 N–H and O–H groups in total. The van der Waals surface area contributed by atoms with Crippen molar-refractivity contribution in [1.82, 2.24) is 5.32 Å². The lowest BCUT2D eigenvalue weighted by molar-refractivity contribution is -0.120. The Labute approximate surface area is 147 Å². The van der Waals surface area contributed by atoms with Crippen LogP contribution in [0.15, 0.2) is 24.3 Å². The summed E-state index contributed by atoms with van der Waals surface area (Å²) in [4.78, 5) is 23.8. The van der Waals surface area contributed by atoms with Gasteiger partial charge in [0.2, 0.25) is 15.9 Å². The van der Waals surface area contributed by atoms with Gasteiger partial charge in [-0.3, -0.25) is 9.10 Å². The minimum absolute atomic E-state index is 0.0294. The van der Waals surface area contributed by atoms with Crippen LogP contribution in [0.25, 0.3) is 0 Å². The molecule has 1 amide bonds. The van der Waals surface area contributed by atoms with Crippen LogP contribution < -0.4 is 9.62 Å². The number of esters is 1. The number of carbonyl (C=O) groups is 2. The van der Waals surface area contributed by atoms with Crippen LogP contribution in [0.2, 0.25) is 0 Å². The van der Waals surface area contributed by atoms with Crippen LogP contribution in [0.4, 0.5) is 5.69 Å². The van der Waals surface area contributed by atoms with Crippen molar-refractivity contribution in [2.24, 2.45) is 0 Å². The third-order valence-electron chi connectivity index (χ3n) is 3.79. The van der Waals surface area contributed by atoms with Crippen molar-refractivity contribution in [2.75, 3.05) is 37.4 Å². The summed E-state index contributed by atoms with van der Waals surface area (Å²) >= 11 is 0. The summed E-state index contributed by atoms with van der Waals surface area (Å²) in [5, 5.41) is 2.68. The van der Waals surface area contributed by atoms with Crippen molar-refractivity contribution in [2.45, 2.75) is 18.9 Å². The van der Waals surface area contributed by atoms with Gasteiger partial charge in [0, 0.05) is 13.2 Å². The Balaban J connectivity index is 2.11. The third-order valence-corrected chi connectivity index (χ3v) is 4.93. The molecule has 1 aromatic rings. The van der Waals surface area contributed by atoms with E-state index in [1.54, 1.807) is 0 Å². The second-order valence-corrected chi connectivity index (χ2v) is 7.66. The van der Waals surface area contributed by atoms with Gasteiger partial charge < -0.3 is 14.8 Å². The highest BCUT2D eigenvalue weighted by Crippen LogP contribution is 2.19. The molecule has 0 saturated carbocycles. The fourth-order valence-electron chi connectivity index (χ4n) is 2.53. The molecule has 0 spiro atoms. The molecule has 1 aliphatic rings. The quantitative estimate of drug-likeness (QED) is 0.703. The smallest absolute Gasteiger partial charge is 0.337 e. The molecule has 1 heterocycles. The second-order valence-electron chi connectivity index (χ2n) is 5.75. The van der Waals surface area contributed by atoms with Gasteiger partial charge in [-0.15, -0.1) is 0 Å². The number of anilines is 1. The molecule has 1 saturated heterocycles. The van der Waals surface area contributed by atoms with Crippen molar-refractivity contribution < 1.29 is 27.5 Å². The van der Waals surface area contributed by atoms with Crippen molar-refractivity contribution in [3.05, 3.63) is 29.8 Å². The predicted octanol–water partition coefficient (Wildman–Crippen LogP) is 0.534. The molecular formula is C16H22N2O6S. The average Bonchev–Trinajstić information content (AvgIpc) is 3.09. The van der Waals surface area contributed by atoms with Gasteiger partial charge in [0.15, 0.2) is 0 Å². The Morgan fingerprint density at radius 3 is 2.76 bits per heavy atom. The molecule has 0 aromatic heterocycles. The number of amides is 1. The largest absolute Gasteiger partial charge is 0.465 e. The highest BCUT2D eigenvalue weighted by atomic mass is 32.2. The molecular weight excluding hydrogens is 348 g/mol. The minimum Gasteiger partial charge on any atom is -0.465 e. The number of rotatable bonds is 7. The number of nitrogens with zero attached hydrogens (tertiary/aromatic N) is 1. The Hall–Kier alpha value is -2.13. The molecule has 9 heteroatoms. The zero-order chi connectivity index (χ0) is 18.4. The van der Waals surface area contributed by atoms with E-state index in [9.17, 15) is 18.0 Å². The van der Waals surface area contributed by atoms with E-state index < -0.39 is 21.9 Å². The monoisotopic (exact) mass is 370 g/mol. The van der Waals surface area contributed by atoms with E-state index in [0.717, 1.165) is 23.4 Å². The van der Waals surface area contributed by atoms with E-state index in [0.29, 0.717) is 13.2 Å². The number of hydrogen-bond donors (Lipinski definition) is 1. The van der Waals surface area contributed by atoms with Gasteiger partial charge in [-0.2, -0.15) is 0 Å². The van der Waals surface area contributed by atoms with Gasteiger partial charge in [0.25, 0.3) is 0 Å². The first-order valence-electron chi connectivity index (χ1n) is 7.85. The van der Waals surface area contributed by atoms with Crippen molar-refractivity contribution in [3.63, 3.8) is 0 Å². The molecule has 0 aliphatic carbocycles. The average molecular weight is 370 g/mol. The lowest BCUT2D eigenvalue weighted by Crippen LogP contribution is -2.42. The number of ether oxygens (including phenoxy) is 2. The minimum atomic E-state index is -3.71.